The molecule has 1 aliphatic rings. The molecule has 0 aliphatic heterocycles. The molecule has 0 spiro atoms. The van der Waals surface area contributed by atoms with Crippen molar-refractivity contribution in [2.45, 2.75) is 44.9 Å². The van der Waals surface area contributed by atoms with Crippen LogP contribution in [0.15, 0.2) is 53.5 Å². The van der Waals surface area contributed by atoms with Gasteiger partial charge in [0.1, 0.15) is 0 Å². The second kappa shape index (κ2) is 6.71. The van der Waals surface area contributed by atoms with E-state index >= 15 is 0 Å². The number of benzene rings is 2. The number of hydrogen-bond donors (Lipinski definition) is 0. The predicted octanol–water partition coefficient (Wildman–Crippen LogP) is 5.79. The third-order valence-corrected chi connectivity index (χ3v) is 4.41. The van der Waals surface area contributed by atoms with Crippen molar-refractivity contribution >= 4 is 11.9 Å². The summed E-state index contributed by atoms with van der Waals surface area (Å²) >= 11 is 0. The summed E-state index contributed by atoms with van der Waals surface area (Å²) in [6.45, 7) is 2.09. The van der Waals surface area contributed by atoms with Crippen LogP contribution in [0.2, 0.25) is 0 Å². The van der Waals surface area contributed by atoms with Crippen LogP contribution in [0.1, 0.15) is 54.7 Å². The number of hydrogen-bond acceptors (Lipinski definition) is 1. The van der Waals surface area contributed by atoms with Crippen LogP contribution in [0.25, 0.3) is 0 Å². The smallest absolute Gasteiger partial charge is 0.0630 e. The zero-order chi connectivity index (χ0) is 14.5. The fourth-order valence-corrected chi connectivity index (χ4v) is 3.07. The maximum absolute atomic E-state index is 4.53. The van der Waals surface area contributed by atoms with Crippen molar-refractivity contribution in [3.63, 3.8) is 0 Å². The van der Waals surface area contributed by atoms with Crippen LogP contribution in [-0.2, 0) is 0 Å². The minimum absolute atomic E-state index is 0.779. The molecule has 1 nitrogen and oxygen atoms in total. The molecule has 0 N–H and O–H groups in total. The second-order valence-corrected chi connectivity index (χ2v) is 6.10. The van der Waals surface area contributed by atoms with Crippen molar-refractivity contribution in [3.05, 3.63) is 65.2 Å². The van der Waals surface area contributed by atoms with Crippen molar-refractivity contribution in [1.29, 1.82) is 0 Å². The molecule has 0 saturated heterocycles. The number of aliphatic imine (C=N–C) groups is 1. The lowest BCUT2D eigenvalue weighted by atomic mass is 9.84. The highest BCUT2D eigenvalue weighted by Gasteiger charge is 2.14. The molecule has 2 aromatic rings. The Kier molecular flexibility index (Phi) is 4.49. The monoisotopic (exact) mass is 277 g/mol. The van der Waals surface area contributed by atoms with Gasteiger partial charge >= 0.3 is 0 Å². The Morgan fingerprint density at radius 2 is 1.52 bits per heavy atom. The summed E-state index contributed by atoms with van der Waals surface area (Å²) in [5.74, 6) is 0.779. The molecule has 0 bridgehead atoms. The van der Waals surface area contributed by atoms with E-state index in [0.717, 1.165) is 11.6 Å². The third kappa shape index (κ3) is 3.81. The lowest BCUT2D eigenvalue weighted by Gasteiger charge is -2.21. The van der Waals surface area contributed by atoms with Crippen molar-refractivity contribution < 1.29 is 0 Å². The van der Waals surface area contributed by atoms with Gasteiger partial charge in [-0.25, -0.2) is 0 Å². The number of nitrogens with zero attached hydrogens (tertiary/aromatic N) is 1. The van der Waals surface area contributed by atoms with Gasteiger partial charge in [-0.1, -0.05) is 61.2 Å². The molecule has 108 valence electrons. The van der Waals surface area contributed by atoms with Gasteiger partial charge in [0, 0.05) is 6.21 Å². The molecule has 0 atom stereocenters. The van der Waals surface area contributed by atoms with Crippen LogP contribution in [0.3, 0.4) is 0 Å². The summed E-state index contributed by atoms with van der Waals surface area (Å²) in [5, 5.41) is 0. The van der Waals surface area contributed by atoms with Crippen LogP contribution in [0.5, 0.6) is 0 Å². The van der Waals surface area contributed by atoms with Crippen LogP contribution < -0.4 is 0 Å². The highest BCUT2D eigenvalue weighted by Crippen LogP contribution is 2.32. The first-order chi connectivity index (χ1) is 10.3. The molecular weight excluding hydrogens is 254 g/mol. The summed E-state index contributed by atoms with van der Waals surface area (Å²) in [6, 6.07) is 17.3. The van der Waals surface area contributed by atoms with E-state index in [4.69, 9.17) is 0 Å². The second-order valence-electron chi connectivity index (χ2n) is 6.10. The lowest BCUT2D eigenvalue weighted by Crippen LogP contribution is -2.04. The molecule has 1 heteroatoms. The molecule has 1 fully saturated rings. The maximum atomic E-state index is 4.53. The standard InChI is InChI=1S/C20H23N/c1-16-7-13-20(14-8-16)21-15-17-9-11-19(12-10-17)18-5-3-2-4-6-18/h7-15,18H,2-6H2,1H3. The van der Waals surface area contributed by atoms with E-state index in [2.05, 4.69) is 60.4 Å². The maximum Gasteiger partial charge on any atom is 0.0630 e. The number of aryl methyl sites for hydroxylation is 1. The van der Waals surface area contributed by atoms with Gasteiger partial charge < -0.3 is 0 Å². The van der Waals surface area contributed by atoms with Gasteiger partial charge in [-0.2, -0.15) is 0 Å². The molecule has 21 heavy (non-hydrogen) atoms. The van der Waals surface area contributed by atoms with Gasteiger partial charge in [0.25, 0.3) is 0 Å². The van der Waals surface area contributed by atoms with E-state index < -0.39 is 0 Å². The molecule has 0 radical (unpaired) electrons. The molecular formula is C20H23N. The van der Waals surface area contributed by atoms with Crippen LogP contribution in [0.4, 0.5) is 5.69 Å². The third-order valence-electron chi connectivity index (χ3n) is 4.41. The van der Waals surface area contributed by atoms with E-state index in [-0.39, 0.29) is 0 Å². The Bertz CT molecular complexity index is 587. The fraction of sp³-hybridized carbons (Fsp3) is 0.350. The van der Waals surface area contributed by atoms with E-state index in [1.165, 1.54) is 48.8 Å². The first-order valence-corrected chi connectivity index (χ1v) is 8.02. The molecule has 1 aliphatic carbocycles. The molecule has 0 amide bonds. The normalized spacial score (nSPS) is 16.4. The van der Waals surface area contributed by atoms with Crippen molar-refractivity contribution in [1.82, 2.24) is 0 Å². The molecule has 0 aromatic heterocycles. The Hall–Kier alpha value is -1.89. The first-order valence-electron chi connectivity index (χ1n) is 8.02. The summed E-state index contributed by atoms with van der Waals surface area (Å²) in [4.78, 5) is 4.53. The van der Waals surface area contributed by atoms with Gasteiger partial charge in [0.2, 0.25) is 0 Å². The highest BCUT2D eigenvalue weighted by atomic mass is 14.7. The Balaban J connectivity index is 1.67. The SMILES string of the molecule is Cc1ccc(N=Cc2ccc(C3CCCCC3)cc2)cc1. The first kappa shape index (κ1) is 14.1. The Morgan fingerprint density at radius 1 is 0.857 bits per heavy atom. The minimum Gasteiger partial charge on any atom is -0.256 e. The molecule has 2 aromatic carbocycles. The average Bonchev–Trinajstić information content (AvgIpc) is 2.56. The van der Waals surface area contributed by atoms with Gasteiger partial charge in [-0.15, -0.1) is 0 Å². The highest BCUT2D eigenvalue weighted by molar-refractivity contribution is 5.81. The van der Waals surface area contributed by atoms with Crippen LogP contribution in [-0.4, -0.2) is 6.21 Å². The van der Waals surface area contributed by atoms with Crippen molar-refractivity contribution in [2.24, 2.45) is 4.99 Å². The van der Waals surface area contributed by atoms with E-state index in [1.54, 1.807) is 0 Å². The van der Waals surface area contributed by atoms with E-state index in [9.17, 15) is 0 Å². The van der Waals surface area contributed by atoms with Crippen LogP contribution >= 0.6 is 0 Å². The summed E-state index contributed by atoms with van der Waals surface area (Å²) < 4.78 is 0. The fourth-order valence-electron chi connectivity index (χ4n) is 3.07. The van der Waals surface area contributed by atoms with Gasteiger partial charge in [0.15, 0.2) is 0 Å². The van der Waals surface area contributed by atoms with Gasteiger partial charge in [0.05, 0.1) is 5.69 Å². The summed E-state index contributed by atoms with van der Waals surface area (Å²) in [6.07, 6.45) is 8.86. The predicted molar refractivity (Wildman–Crippen MR) is 90.7 cm³/mol. The molecule has 0 heterocycles. The van der Waals surface area contributed by atoms with E-state index in [1.807, 2.05) is 6.21 Å². The molecule has 0 unspecified atom stereocenters. The largest absolute Gasteiger partial charge is 0.256 e. The van der Waals surface area contributed by atoms with E-state index in [0.29, 0.717) is 0 Å². The summed E-state index contributed by atoms with van der Waals surface area (Å²) in [7, 11) is 0. The summed E-state index contributed by atoms with van der Waals surface area (Å²) in [5.41, 5.74) is 4.96. The average molecular weight is 277 g/mol. The quantitative estimate of drug-likeness (QED) is 0.629. The van der Waals surface area contributed by atoms with Crippen LogP contribution in [0, 0.1) is 6.92 Å². The molecule has 1 saturated carbocycles. The zero-order valence-corrected chi connectivity index (χ0v) is 12.8. The molecule has 3 rings (SSSR count). The topological polar surface area (TPSA) is 12.4 Å². The van der Waals surface area contributed by atoms with Gasteiger partial charge in [-0.05, 0) is 48.9 Å². The van der Waals surface area contributed by atoms with Gasteiger partial charge in [-0.3, -0.25) is 4.99 Å². The lowest BCUT2D eigenvalue weighted by molar-refractivity contribution is 0.443. The number of rotatable bonds is 3. The zero-order valence-electron chi connectivity index (χ0n) is 12.8. The Morgan fingerprint density at radius 3 is 2.19 bits per heavy atom. The minimum atomic E-state index is 0.779. The Labute approximate surface area is 127 Å². The van der Waals surface area contributed by atoms with Crippen molar-refractivity contribution in [3.8, 4) is 0 Å². The van der Waals surface area contributed by atoms with Crippen molar-refractivity contribution in [2.75, 3.05) is 0 Å².